The van der Waals surface area contributed by atoms with Crippen molar-refractivity contribution in [3.63, 3.8) is 0 Å². The topological polar surface area (TPSA) is 72.0 Å². The van der Waals surface area contributed by atoms with Crippen LogP contribution in [0.2, 0.25) is 5.02 Å². The number of nitrogens with zero attached hydrogens (tertiary/aromatic N) is 6. The van der Waals surface area contributed by atoms with E-state index in [1.54, 1.807) is 17.1 Å². The highest BCUT2D eigenvalue weighted by molar-refractivity contribution is 6.31. The number of rotatable bonds is 4. The molecule has 3 heterocycles. The first-order valence-corrected chi connectivity index (χ1v) is 8.30. The van der Waals surface area contributed by atoms with Crippen LogP contribution >= 0.6 is 11.6 Å². The van der Waals surface area contributed by atoms with Gasteiger partial charge in [-0.05, 0) is 24.6 Å². The summed E-state index contributed by atoms with van der Waals surface area (Å²) in [5.74, 6) is 0.970. The van der Waals surface area contributed by atoms with E-state index in [9.17, 15) is 5.11 Å². The van der Waals surface area contributed by atoms with Crippen molar-refractivity contribution in [2.45, 2.75) is 25.1 Å². The van der Waals surface area contributed by atoms with E-state index in [0.717, 1.165) is 23.4 Å². The molecule has 126 valence electrons. The lowest BCUT2D eigenvalue weighted by Gasteiger charge is -2.23. The molecular formula is C16H19ClN6O. The summed E-state index contributed by atoms with van der Waals surface area (Å²) in [5.41, 5.74) is 1.19. The molecule has 0 amide bonds. The summed E-state index contributed by atoms with van der Waals surface area (Å²) in [6.45, 7) is 2.58. The average molecular weight is 347 g/mol. The third-order valence-corrected chi connectivity index (χ3v) is 4.88. The fraction of sp³-hybridized carbons (Fsp3) is 0.438. The van der Waals surface area contributed by atoms with Crippen molar-refractivity contribution < 1.29 is 5.11 Å². The number of fused-ring (bicyclic) bond motifs is 1. The van der Waals surface area contributed by atoms with Crippen molar-refractivity contribution in [1.82, 2.24) is 29.4 Å². The fourth-order valence-corrected chi connectivity index (χ4v) is 3.55. The third-order valence-electron chi connectivity index (χ3n) is 4.64. The molecule has 2 aromatic heterocycles. The summed E-state index contributed by atoms with van der Waals surface area (Å²) in [6.07, 6.45) is 4.11. The first kappa shape index (κ1) is 15.6. The number of hydrogen-bond acceptors (Lipinski definition) is 5. The summed E-state index contributed by atoms with van der Waals surface area (Å²) in [5, 5.41) is 19.2. The molecule has 1 fully saturated rings. The molecule has 1 aliphatic rings. The van der Waals surface area contributed by atoms with E-state index in [1.807, 2.05) is 25.2 Å². The Balaban J connectivity index is 1.49. The van der Waals surface area contributed by atoms with Gasteiger partial charge in [0.2, 0.25) is 0 Å². The predicted octanol–water partition coefficient (Wildman–Crippen LogP) is 1.46. The average Bonchev–Trinajstić information content (AvgIpc) is 3.22. The molecule has 1 atom stereocenters. The molecule has 1 aliphatic heterocycles. The number of likely N-dealkylation sites (tertiary alicyclic amines) is 1. The van der Waals surface area contributed by atoms with E-state index in [2.05, 4.69) is 24.8 Å². The van der Waals surface area contributed by atoms with Crippen LogP contribution in [-0.2, 0) is 20.1 Å². The van der Waals surface area contributed by atoms with Gasteiger partial charge < -0.3 is 9.67 Å². The highest BCUT2D eigenvalue weighted by Crippen LogP contribution is 2.26. The maximum absolute atomic E-state index is 10.8. The predicted molar refractivity (Wildman–Crippen MR) is 90.6 cm³/mol. The molecule has 1 N–H and O–H groups in total. The molecule has 0 radical (unpaired) electrons. The number of hydrogen-bond donors (Lipinski definition) is 1. The molecule has 0 aliphatic carbocycles. The summed E-state index contributed by atoms with van der Waals surface area (Å²) < 4.78 is 3.76. The Morgan fingerprint density at radius 3 is 3.04 bits per heavy atom. The molecule has 1 saturated heterocycles. The van der Waals surface area contributed by atoms with E-state index in [0.29, 0.717) is 31.1 Å². The van der Waals surface area contributed by atoms with Crippen LogP contribution in [0.1, 0.15) is 12.2 Å². The van der Waals surface area contributed by atoms with Gasteiger partial charge >= 0.3 is 0 Å². The Bertz CT molecular complexity index is 861. The molecular weight excluding hydrogens is 328 g/mol. The lowest BCUT2D eigenvalue weighted by atomic mass is 10.0. The Morgan fingerprint density at radius 2 is 2.25 bits per heavy atom. The lowest BCUT2D eigenvalue weighted by Crippen LogP contribution is -2.37. The third kappa shape index (κ3) is 2.90. The van der Waals surface area contributed by atoms with Crippen molar-refractivity contribution in [2.24, 2.45) is 7.05 Å². The minimum Gasteiger partial charge on any atom is -0.387 e. The van der Waals surface area contributed by atoms with E-state index in [-0.39, 0.29) is 0 Å². The van der Waals surface area contributed by atoms with Gasteiger partial charge in [-0.25, -0.2) is 9.67 Å². The maximum atomic E-state index is 10.8. The van der Waals surface area contributed by atoms with Crippen LogP contribution in [0.4, 0.5) is 0 Å². The number of imidazole rings is 1. The molecule has 0 bridgehead atoms. The van der Waals surface area contributed by atoms with E-state index < -0.39 is 5.60 Å². The summed E-state index contributed by atoms with van der Waals surface area (Å²) >= 11 is 6.05. The molecule has 0 saturated carbocycles. The summed E-state index contributed by atoms with van der Waals surface area (Å²) in [4.78, 5) is 6.91. The lowest BCUT2D eigenvalue weighted by molar-refractivity contribution is 0.0271. The minimum absolute atomic E-state index is 0.460. The van der Waals surface area contributed by atoms with Gasteiger partial charge in [-0.15, -0.1) is 5.10 Å². The van der Waals surface area contributed by atoms with Crippen molar-refractivity contribution in [1.29, 1.82) is 0 Å². The number of β-amino-alcohol motifs (C(OH)–C–C–N with tert-alkyl or cyclic N) is 1. The summed E-state index contributed by atoms with van der Waals surface area (Å²) in [7, 11) is 2.01. The molecule has 3 aromatic rings. The largest absolute Gasteiger partial charge is 0.387 e. The van der Waals surface area contributed by atoms with Crippen LogP contribution in [0.3, 0.4) is 0 Å². The van der Waals surface area contributed by atoms with Crippen LogP contribution in [-0.4, -0.2) is 53.2 Å². The van der Waals surface area contributed by atoms with Gasteiger partial charge in [0, 0.05) is 31.4 Å². The fourth-order valence-electron chi connectivity index (χ4n) is 3.39. The van der Waals surface area contributed by atoms with Crippen molar-refractivity contribution >= 4 is 22.6 Å². The molecule has 1 unspecified atom stereocenters. The van der Waals surface area contributed by atoms with Gasteiger partial charge in [0.1, 0.15) is 5.82 Å². The highest BCUT2D eigenvalue weighted by atomic mass is 35.5. The number of halogens is 1. The molecule has 24 heavy (non-hydrogen) atoms. The summed E-state index contributed by atoms with van der Waals surface area (Å²) in [6, 6.07) is 5.74. The number of aliphatic hydroxyl groups is 1. The Kier molecular flexibility index (Phi) is 3.79. The number of aryl methyl sites for hydroxylation is 1. The minimum atomic E-state index is -0.776. The molecule has 7 nitrogen and oxygen atoms in total. The Morgan fingerprint density at radius 1 is 1.38 bits per heavy atom. The zero-order valence-electron chi connectivity index (χ0n) is 13.4. The molecule has 4 rings (SSSR count). The standard InChI is InChI=1S/C16H19ClN6O/c1-21-14-3-2-12(17)8-13(14)19-15(21)9-22-6-4-16(24,10-22)11-23-7-5-18-20-23/h2-3,5,7-8,24H,4,6,9-11H2,1H3. The van der Waals surface area contributed by atoms with Gasteiger partial charge in [-0.3, -0.25) is 4.90 Å². The quantitative estimate of drug-likeness (QED) is 0.774. The van der Waals surface area contributed by atoms with Crippen molar-refractivity contribution in [3.05, 3.63) is 41.4 Å². The molecule has 0 spiro atoms. The normalized spacial score (nSPS) is 21.8. The van der Waals surface area contributed by atoms with Gasteiger partial charge in [0.05, 0.1) is 35.9 Å². The van der Waals surface area contributed by atoms with Crippen LogP contribution in [0.25, 0.3) is 11.0 Å². The smallest absolute Gasteiger partial charge is 0.123 e. The molecule has 1 aromatic carbocycles. The van der Waals surface area contributed by atoms with Crippen molar-refractivity contribution in [2.75, 3.05) is 13.1 Å². The maximum Gasteiger partial charge on any atom is 0.123 e. The molecule has 8 heteroatoms. The van der Waals surface area contributed by atoms with Crippen LogP contribution < -0.4 is 0 Å². The number of benzene rings is 1. The van der Waals surface area contributed by atoms with E-state index in [1.165, 1.54) is 0 Å². The van der Waals surface area contributed by atoms with Crippen molar-refractivity contribution in [3.8, 4) is 0 Å². The van der Waals surface area contributed by atoms with Gasteiger partial charge in [-0.1, -0.05) is 16.8 Å². The zero-order chi connectivity index (χ0) is 16.7. The Labute approximate surface area is 144 Å². The second-order valence-electron chi connectivity index (χ2n) is 6.51. The van der Waals surface area contributed by atoms with E-state index >= 15 is 0 Å². The second kappa shape index (κ2) is 5.84. The monoisotopic (exact) mass is 346 g/mol. The second-order valence-corrected chi connectivity index (χ2v) is 6.94. The zero-order valence-corrected chi connectivity index (χ0v) is 14.2. The van der Waals surface area contributed by atoms with Gasteiger partial charge in [0.15, 0.2) is 0 Å². The highest BCUT2D eigenvalue weighted by Gasteiger charge is 2.37. The Hall–Kier alpha value is -1.96. The van der Waals surface area contributed by atoms with Gasteiger partial charge in [-0.2, -0.15) is 0 Å². The first-order valence-electron chi connectivity index (χ1n) is 7.92. The SMILES string of the molecule is Cn1c(CN2CCC(O)(Cn3ccnn3)C2)nc2cc(Cl)ccc21. The van der Waals surface area contributed by atoms with Crippen LogP contribution in [0.5, 0.6) is 0 Å². The first-order chi connectivity index (χ1) is 11.5. The number of aromatic nitrogens is 5. The van der Waals surface area contributed by atoms with E-state index in [4.69, 9.17) is 11.6 Å². The van der Waals surface area contributed by atoms with Crippen LogP contribution in [0.15, 0.2) is 30.6 Å². The van der Waals surface area contributed by atoms with Crippen LogP contribution in [0, 0.1) is 0 Å². The van der Waals surface area contributed by atoms with Gasteiger partial charge in [0.25, 0.3) is 0 Å².